The van der Waals surface area contributed by atoms with Crippen LogP contribution in [0, 0.1) is 17.5 Å². The molecule has 0 saturated carbocycles. The van der Waals surface area contributed by atoms with Crippen molar-refractivity contribution >= 4 is 5.97 Å². The zero-order valence-electron chi connectivity index (χ0n) is 19.6. The average Bonchev–Trinajstić information content (AvgIpc) is 2.88. The molecule has 0 atom stereocenters. The molecule has 0 fully saturated rings. The lowest BCUT2D eigenvalue weighted by molar-refractivity contribution is 0.0728. The highest BCUT2D eigenvalue weighted by molar-refractivity contribution is 5.91. The fourth-order valence-corrected chi connectivity index (χ4v) is 3.93. The third kappa shape index (κ3) is 5.29. The first-order valence-electron chi connectivity index (χ1n) is 11.6. The van der Waals surface area contributed by atoms with Crippen molar-refractivity contribution in [1.29, 1.82) is 0 Å². The lowest BCUT2D eigenvalue weighted by Crippen LogP contribution is -2.09. The van der Waals surface area contributed by atoms with E-state index in [0.29, 0.717) is 17.5 Å². The number of carbonyl (C=O) groups excluding carboxylic acids is 1. The summed E-state index contributed by atoms with van der Waals surface area (Å²) in [5.41, 5.74) is 3.37. The molecule has 0 aliphatic carbocycles. The predicted octanol–water partition coefficient (Wildman–Crippen LogP) is 8.17. The number of ether oxygens (including phenoxy) is 1. The van der Waals surface area contributed by atoms with Crippen LogP contribution < -0.4 is 4.74 Å². The molecule has 0 saturated heterocycles. The molecule has 0 aliphatic rings. The summed E-state index contributed by atoms with van der Waals surface area (Å²) < 4.78 is 49.2. The van der Waals surface area contributed by atoms with E-state index in [2.05, 4.69) is 6.92 Å². The summed E-state index contributed by atoms with van der Waals surface area (Å²) in [5.74, 6) is -3.42. The summed E-state index contributed by atoms with van der Waals surface area (Å²) >= 11 is 0. The fraction of sp³-hybridized carbons (Fsp3) is 0.167. The first kappa shape index (κ1) is 24.3. The van der Waals surface area contributed by atoms with Crippen LogP contribution in [-0.2, 0) is 12.8 Å². The molecule has 4 aromatic rings. The Morgan fingerprint density at radius 2 is 1.26 bits per heavy atom. The number of carbonyl (C=O) groups is 1. The smallest absolute Gasteiger partial charge is 0.343 e. The zero-order valence-corrected chi connectivity index (χ0v) is 19.6. The van der Waals surface area contributed by atoms with Crippen molar-refractivity contribution in [2.75, 3.05) is 0 Å². The van der Waals surface area contributed by atoms with Crippen LogP contribution in [-0.4, -0.2) is 5.97 Å². The van der Waals surface area contributed by atoms with Crippen molar-refractivity contribution in [3.63, 3.8) is 0 Å². The van der Waals surface area contributed by atoms with Gasteiger partial charge in [-0.15, -0.1) is 0 Å². The van der Waals surface area contributed by atoms with Gasteiger partial charge in [0.1, 0.15) is 0 Å². The second-order valence-corrected chi connectivity index (χ2v) is 8.32. The van der Waals surface area contributed by atoms with Gasteiger partial charge in [-0.1, -0.05) is 74.9 Å². The van der Waals surface area contributed by atoms with E-state index in [0.717, 1.165) is 24.0 Å². The Balaban J connectivity index is 1.54. The summed E-state index contributed by atoms with van der Waals surface area (Å²) in [5, 5.41) is 0. The molecule has 178 valence electrons. The van der Waals surface area contributed by atoms with Gasteiger partial charge in [0.25, 0.3) is 0 Å². The van der Waals surface area contributed by atoms with Crippen LogP contribution >= 0.6 is 0 Å². The minimum atomic E-state index is -0.964. The molecule has 0 unspecified atom stereocenters. The van der Waals surface area contributed by atoms with Gasteiger partial charge in [-0.05, 0) is 59.4 Å². The molecule has 5 heteroatoms. The summed E-state index contributed by atoms with van der Waals surface area (Å²) in [6.45, 7) is 3.98. The first-order chi connectivity index (χ1) is 16.9. The summed E-state index contributed by atoms with van der Waals surface area (Å²) in [4.78, 5) is 12.4. The number of aryl methyl sites for hydroxylation is 2. The van der Waals surface area contributed by atoms with Crippen molar-refractivity contribution in [2.24, 2.45) is 0 Å². The quantitative estimate of drug-likeness (QED) is 0.199. The number of hydrogen-bond acceptors (Lipinski definition) is 2. The van der Waals surface area contributed by atoms with Crippen LogP contribution in [0.4, 0.5) is 13.2 Å². The number of halogens is 3. The van der Waals surface area contributed by atoms with Crippen molar-refractivity contribution in [3.05, 3.63) is 113 Å². The predicted molar refractivity (Wildman–Crippen MR) is 132 cm³/mol. The van der Waals surface area contributed by atoms with Gasteiger partial charge in [0.15, 0.2) is 23.2 Å². The van der Waals surface area contributed by atoms with Gasteiger partial charge in [-0.3, -0.25) is 0 Å². The number of hydrogen-bond donors (Lipinski definition) is 0. The topological polar surface area (TPSA) is 26.3 Å². The molecular weight excluding hydrogens is 449 g/mol. The Morgan fingerprint density at radius 1 is 0.714 bits per heavy atom. The third-order valence-corrected chi connectivity index (χ3v) is 5.92. The molecule has 0 heterocycles. The van der Waals surface area contributed by atoms with Crippen LogP contribution in [0.25, 0.3) is 22.3 Å². The van der Waals surface area contributed by atoms with Crippen molar-refractivity contribution in [1.82, 2.24) is 0 Å². The number of benzene rings is 4. The normalized spacial score (nSPS) is 10.9. The van der Waals surface area contributed by atoms with E-state index in [1.807, 2.05) is 19.1 Å². The maximum Gasteiger partial charge on any atom is 0.343 e. The minimum absolute atomic E-state index is 0.0787. The van der Waals surface area contributed by atoms with Crippen LogP contribution in [0.2, 0.25) is 0 Å². The van der Waals surface area contributed by atoms with Crippen molar-refractivity contribution in [3.8, 4) is 28.0 Å². The standard InChI is InChI=1S/C30H25F3O2/c1-3-5-20-6-9-21(10-7-20)24-15-16-25(29(33)28(24)32)22-11-13-23(14-12-22)30(34)35-27-17-8-19(4-2)18-26(27)31/h6-18H,3-5H2,1-2H3. The van der Waals surface area contributed by atoms with E-state index in [1.54, 1.807) is 24.3 Å². The molecule has 0 aliphatic heterocycles. The Bertz CT molecular complexity index is 1340. The van der Waals surface area contributed by atoms with Crippen LogP contribution in [0.5, 0.6) is 5.75 Å². The van der Waals surface area contributed by atoms with E-state index in [-0.39, 0.29) is 22.4 Å². The largest absolute Gasteiger partial charge is 0.420 e. The van der Waals surface area contributed by atoms with Crippen molar-refractivity contribution in [2.45, 2.75) is 33.1 Å². The van der Waals surface area contributed by atoms with Gasteiger partial charge in [-0.2, -0.15) is 0 Å². The SMILES string of the molecule is CCCc1ccc(-c2ccc(-c3ccc(C(=O)Oc4ccc(CC)cc4F)cc3)c(F)c2F)cc1. The maximum atomic E-state index is 15.0. The lowest BCUT2D eigenvalue weighted by atomic mass is 9.97. The highest BCUT2D eigenvalue weighted by Gasteiger charge is 2.17. The molecule has 4 rings (SSSR count). The Morgan fingerprint density at radius 3 is 1.77 bits per heavy atom. The van der Waals surface area contributed by atoms with Gasteiger partial charge >= 0.3 is 5.97 Å². The highest BCUT2D eigenvalue weighted by Crippen LogP contribution is 2.32. The van der Waals surface area contributed by atoms with Gasteiger partial charge in [0.05, 0.1) is 5.56 Å². The fourth-order valence-electron chi connectivity index (χ4n) is 3.93. The monoisotopic (exact) mass is 474 g/mol. The molecule has 2 nitrogen and oxygen atoms in total. The van der Waals surface area contributed by atoms with E-state index < -0.39 is 23.4 Å². The Labute approximate surface area is 203 Å². The van der Waals surface area contributed by atoms with Crippen LogP contribution in [0.15, 0.2) is 78.9 Å². The maximum absolute atomic E-state index is 15.0. The molecule has 35 heavy (non-hydrogen) atoms. The molecule has 4 aromatic carbocycles. The van der Waals surface area contributed by atoms with Gasteiger partial charge < -0.3 is 4.74 Å². The van der Waals surface area contributed by atoms with Gasteiger partial charge in [0.2, 0.25) is 0 Å². The molecule has 0 spiro atoms. The van der Waals surface area contributed by atoms with E-state index in [4.69, 9.17) is 4.74 Å². The minimum Gasteiger partial charge on any atom is -0.420 e. The molecular formula is C30H25F3O2. The summed E-state index contributed by atoms with van der Waals surface area (Å²) in [6.07, 6.45) is 2.60. The number of rotatable bonds is 7. The van der Waals surface area contributed by atoms with Gasteiger partial charge in [0, 0.05) is 11.1 Å². The summed E-state index contributed by atoms with van der Waals surface area (Å²) in [7, 11) is 0. The zero-order chi connectivity index (χ0) is 24.9. The second-order valence-electron chi connectivity index (χ2n) is 8.32. The first-order valence-corrected chi connectivity index (χ1v) is 11.6. The molecule has 0 N–H and O–H groups in total. The van der Waals surface area contributed by atoms with Crippen molar-refractivity contribution < 1.29 is 22.7 Å². The molecule has 0 radical (unpaired) electrons. The van der Waals surface area contributed by atoms with Gasteiger partial charge in [-0.25, -0.2) is 18.0 Å². The van der Waals surface area contributed by atoms with Crippen LogP contribution in [0.1, 0.15) is 41.8 Å². The highest BCUT2D eigenvalue weighted by atomic mass is 19.2. The Hall–Kier alpha value is -3.86. The molecule has 0 aromatic heterocycles. The van der Waals surface area contributed by atoms with E-state index in [9.17, 15) is 18.0 Å². The molecule has 0 bridgehead atoms. The Kier molecular flexibility index (Phi) is 7.35. The third-order valence-electron chi connectivity index (χ3n) is 5.92. The molecule has 0 amide bonds. The van der Waals surface area contributed by atoms with E-state index in [1.165, 1.54) is 42.5 Å². The average molecular weight is 475 g/mol. The number of esters is 1. The summed E-state index contributed by atoms with van der Waals surface area (Å²) in [6, 6.07) is 20.8. The lowest BCUT2D eigenvalue weighted by Gasteiger charge is -2.11. The van der Waals surface area contributed by atoms with Crippen LogP contribution in [0.3, 0.4) is 0 Å². The second kappa shape index (κ2) is 10.6. The van der Waals surface area contributed by atoms with E-state index >= 15 is 0 Å².